The number of ether oxygens (including phenoxy) is 1. The van der Waals surface area contributed by atoms with Gasteiger partial charge in [-0.3, -0.25) is 0 Å². The van der Waals surface area contributed by atoms with Crippen LogP contribution in [0.3, 0.4) is 0 Å². The summed E-state index contributed by atoms with van der Waals surface area (Å²) in [5, 5.41) is 8.65. The molecule has 0 saturated carbocycles. The molecule has 19 heavy (non-hydrogen) atoms. The summed E-state index contributed by atoms with van der Waals surface area (Å²) in [7, 11) is 0. The third-order valence-electron chi connectivity index (χ3n) is 3.06. The summed E-state index contributed by atoms with van der Waals surface area (Å²) >= 11 is 0. The number of piperidine rings is 1. The van der Waals surface area contributed by atoms with Gasteiger partial charge >= 0.3 is 0 Å². The van der Waals surface area contributed by atoms with Gasteiger partial charge in [-0.15, -0.1) is 0 Å². The van der Waals surface area contributed by atoms with E-state index in [0.29, 0.717) is 5.88 Å². The Morgan fingerprint density at radius 3 is 2.74 bits per heavy atom. The number of hydrogen-bond donors (Lipinski definition) is 0. The maximum atomic E-state index is 8.65. The summed E-state index contributed by atoms with van der Waals surface area (Å²) in [4.78, 5) is 6.76. The average Bonchev–Trinajstić information content (AvgIpc) is 2.39. The van der Waals surface area contributed by atoms with E-state index in [1.165, 1.54) is 5.57 Å². The van der Waals surface area contributed by atoms with Gasteiger partial charge in [-0.05, 0) is 32.8 Å². The molecule has 0 spiro atoms. The van der Waals surface area contributed by atoms with Crippen molar-refractivity contribution in [3.63, 3.8) is 0 Å². The maximum absolute atomic E-state index is 8.65. The molecule has 1 aliphatic rings. The van der Waals surface area contributed by atoms with Gasteiger partial charge in [0.25, 0.3) is 0 Å². The van der Waals surface area contributed by atoms with E-state index in [2.05, 4.69) is 16.0 Å². The molecule has 0 bridgehead atoms. The normalized spacial score (nSPS) is 15.3. The smallest absolute Gasteiger partial charge is 0.215 e. The molecule has 100 valence electrons. The zero-order valence-corrected chi connectivity index (χ0v) is 11.5. The summed E-state index contributed by atoms with van der Waals surface area (Å²) in [6.07, 6.45) is 3.67. The van der Waals surface area contributed by atoms with Gasteiger partial charge in [-0.25, -0.2) is 0 Å². The number of allylic oxidation sites excluding steroid dienone is 1. The van der Waals surface area contributed by atoms with Gasteiger partial charge < -0.3 is 9.64 Å². The van der Waals surface area contributed by atoms with Gasteiger partial charge in [-0.2, -0.15) is 10.2 Å². The lowest BCUT2D eigenvalue weighted by atomic mass is 10.0. The highest BCUT2D eigenvalue weighted by Gasteiger charge is 2.15. The number of nitrogens with zero attached hydrogens (tertiary/aromatic N) is 3. The second kappa shape index (κ2) is 6.24. The summed E-state index contributed by atoms with van der Waals surface area (Å²) < 4.78 is 5.61. The fourth-order valence-corrected chi connectivity index (χ4v) is 2.15. The molecule has 1 aliphatic heterocycles. The van der Waals surface area contributed by atoms with Gasteiger partial charge in [0.1, 0.15) is 5.82 Å². The minimum absolute atomic E-state index is 0.134. The molecule has 1 saturated heterocycles. The Labute approximate surface area is 114 Å². The number of pyridine rings is 1. The van der Waals surface area contributed by atoms with Crippen LogP contribution in [-0.4, -0.2) is 24.2 Å². The molecule has 0 radical (unpaired) electrons. The molecule has 4 heteroatoms. The standard InChI is InChI=1S/C15H19N3O/c1-12(2)19-15-5-3-4-14(17-15)18-10-7-13(6-9-16)8-11-18/h3-6,12H,7-8,10-11H2,1-2H3. The quantitative estimate of drug-likeness (QED) is 0.781. The Hall–Kier alpha value is -2.02. The van der Waals surface area contributed by atoms with Crippen molar-refractivity contribution in [2.24, 2.45) is 0 Å². The Bertz CT molecular complexity index is 492. The molecular formula is C15H19N3O. The highest BCUT2D eigenvalue weighted by molar-refractivity contribution is 5.42. The summed E-state index contributed by atoms with van der Waals surface area (Å²) in [5.74, 6) is 1.63. The lowest BCUT2D eigenvalue weighted by Crippen LogP contribution is -2.31. The van der Waals surface area contributed by atoms with Gasteiger partial charge in [0.05, 0.1) is 12.2 Å². The lowest BCUT2D eigenvalue weighted by Gasteiger charge is -2.29. The van der Waals surface area contributed by atoms with Crippen LogP contribution >= 0.6 is 0 Å². The zero-order valence-electron chi connectivity index (χ0n) is 11.5. The van der Waals surface area contributed by atoms with E-state index < -0.39 is 0 Å². The van der Waals surface area contributed by atoms with Crippen molar-refractivity contribution < 1.29 is 4.74 Å². The van der Waals surface area contributed by atoms with E-state index in [-0.39, 0.29) is 6.10 Å². The highest BCUT2D eigenvalue weighted by Crippen LogP contribution is 2.23. The molecule has 0 atom stereocenters. The van der Waals surface area contributed by atoms with Gasteiger partial charge in [-0.1, -0.05) is 11.6 Å². The van der Waals surface area contributed by atoms with E-state index in [0.717, 1.165) is 31.7 Å². The first-order valence-electron chi connectivity index (χ1n) is 6.65. The molecule has 1 aromatic heterocycles. The highest BCUT2D eigenvalue weighted by atomic mass is 16.5. The van der Waals surface area contributed by atoms with Crippen LogP contribution in [0.15, 0.2) is 29.8 Å². The fourth-order valence-electron chi connectivity index (χ4n) is 2.15. The van der Waals surface area contributed by atoms with Crippen molar-refractivity contribution in [2.45, 2.75) is 32.8 Å². The van der Waals surface area contributed by atoms with Crippen LogP contribution in [0.4, 0.5) is 5.82 Å². The number of hydrogen-bond acceptors (Lipinski definition) is 4. The second-order valence-electron chi connectivity index (χ2n) is 4.92. The minimum atomic E-state index is 0.134. The van der Waals surface area contributed by atoms with Crippen LogP contribution < -0.4 is 9.64 Å². The van der Waals surface area contributed by atoms with E-state index in [9.17, 15) is 0 Å². The van der Waals surface area contributed by atoms with Crippen molar-refractivity contribution in [1.29, 1.82) is 5.26 Å². The Balaban J connectivity index is 2.03. The molecule has 1 fully saturated rings. The summed E-state index contributed by atoms with van der Waals surface area (Å²) in [5.41, 5.74) is 1.23. The number of nitriles is 1. The average molecular weight is 257 g/mol. The number of rotatable bonds is 3. The first-order chi connectivity index (χ1) is 9.19. The SMILES string of the molecule is CC(C)Oc1cccc(N2CCC(=CC#N)CC2)n1. The van der Waals surface area contributed by atoms with Crippen LogP contribution in [-0.2, 0) is 0 Å². The molecule has 0 N–H and O–H groups in total. The Morgan fingerprint density at radius 1 is 1.37 bits per heavy atom. The van der Waals surface area contributed by atoms with Crippen molar-refractivity contribution in [3.05, 3.63) is 29.8 Å². The van der Waals surface area contributed by atoms with E-state index in [1.54, 1.807) is 6.08 Å². The zero-order chi connectivity index (χ0) is 13.7. The van der Waals surface area contributed by atoms with Crippen LogP contribution in [0.25, 0.3) is 0 Å². The monoisotopic (exact) mass is 257 g/mol. The van der Waals surface area contributed by atoms with Crippen LogP contribution in [0.1, 0.15) is 26.7 Å². The predicted octanol–water partition coefficient (Wildman–Crippen LogP) is 2.92. The molecule has 2 heterocycles. The molecule has 0 unspecified atom stereocenters. The minimum Gasteiger partial charge on any atom is -0.475 e. The fraction of sp³-hybridized carbons (Fsp3) is 0.467. The molecule has 0 amide bonds. The van der Waals surface area contributed by atoms with Gasteiger partial charge in [0.15, 0.2) is 0 Å². The first-order valence-corrected chi connectivity index (χ1v) is 6.65. The van der Waals surface area contributed by atoms with Crippen molar-refractivity contribution in [1.82, 2.24) is 4.98 Å². The Kier molecular flexibility index (Phi) is 4.40. The third kappa shape index (κ3) is 3.72. The third-order valence-corrected chi connectivity index (χ3v) is 3.06. The maximum Gasteiger partial charge on any atom is 0.215 e. The van der Waals surface area contributed by atoms with Crippen LogP contribution in [0.5, 0.6) is 5.88 Å². The molecule has 4 nitrogen and oxygen atoms in total. The van der Waals surface area contributed by atoms with Crippen LogP contribution in [0, 0.1) is 11.3 Å². The van der Waals surface area contributed by atoms with E-state index >= 15 is 0 Å². The second-order valence-corrected chi connectivity index (χ2v) is 4.92. The lowest BCUT2D eigenvalue weighted by molar-refractivity contribution is 0.233. The van der Waals surface area contributed by atoms with Crippen molar-refractivity contribution in [3.8, 4) is 11.9 Å². The molecule has 0 aliphatic carbocycles. The number of aromatic nitrogens is 1. The predicted molar refractivity (Wildman–Crippen MR) is 75.1 cm³/mol. The molecule has 2 rings (SSSR count). The van der Waals surface area contributed by atoms with E-state index in [1.807, 2.05) is 32.0 Å². The number of anilines is 1. The summed E-state index contributed by atoms with van der Waals surface area (Å²) in [6.45, 7) is 5.81. The van der Waals surface area contributed by atoms with Crippen LogP contribution in [0.2, 0.25) is 0 Å². The molecular weight excluding hydrogens is 238 g/mol. The van der Waals surface area contributed by atoms with Crippen molar-refractivity contribution in [2.75, 3.05) is 18.0 Å². The van der Waals surface area contributed by atoms with Gasteiger partial charge in [0.2, 0.25) is 5.88 Å². The van der Waals surface area contributed by atoms with E-state index in [4.69, 9.17) is 10.00 Å². The summed E-state index contributed by atoms with van der Waals surface area (Å²) in [6, 6.07) is 7.97. The largest absolute Gasteiger partial charge is 0.475 e. The van der Waals surface area contributed by atoms with Gasteiger partial charge in [0, 0.05) is 25.2 Å². The Morgan fingerprint density at radius 2 is 2.11 bits per heavy atom. The molecule has 0 aromatic carbocycles. The first kappa shape index (κ1) is 13.4. The topological polar surface area (TPSA) is 49.1 Å². The van der Waals surface area contributed by atoms with Crippen molar-refractivity contribution >= 4 is 5.82 Å². The molecule has 1 aromatic rings.